The van der Waals surface area contributed by atoms with E-state index in [-0.39, 0.29) is 19.2 Å². The lowest BCUT2D eigenvalue weighted by Crippen LogP contribution is -2.61. The molecule has 3 heterocycles. The molecule has 1 saturated carbocycles. The topological polar surface area (TPSA) is 101 Å². The van der Waals surface area contributed by atoms with Crippen molar-refractivity contribution in [1.82, 2.24) is 9.80 Å². The minimum atomic E-state index is -1.11. The van der Waals surface area contributed by atoms with Crippen LogP contribution in [0.4, 0.5) is 4.79 Å². The molecule has 3 fully saturated rings. The van der Waals surface area contributed by atoms with Crippen LogP contribution in [0.3, 0.4) is 0 Å². The van der Waals surface area contributed by atoms with Gasteiger partial charge in [0.1, 0.15) is 17.1 Å². The lowest BCUT2D eigenvalue weighted by atomic mass is 9.51. The van der Waals surface area contributed by atoms with Gasteiger partial charge in [-0.2, -0.15) is 0 Å². The Bertz CT molecular complexity index is 729. The largest absolute Gasteiger partial charge is 0.481 e. The maximum Gasteiger partial charge on any atom is 0.410 e. The SMILES string of the molecule is CC(C)(C)OC(=O)N1C[C@]2(C(=O)O)CC[C@]2(C2=NOCC(CN3CCCCC3)O2)C1. The van der Waals surface area contributed by atoms with Gasteiger partial charge in [-0.3, -0.25) is 9.69 Å². The van der Waals surface area contributed by atoms with Crippen LogP contribution in [0.5, 0.6) is 0 Å². The van der Waals surface area contributed by atoms with E-state index in [0.717, 1.165) is 19.6 Å². The minimum absolute atomic E-state index is 0.0937. The van der Waals surface area contributed by atoms with Crippen LogP contribution in [0.1, 0.15) is 52.9 Å². The van der Waals surface area contributed by atoms with E-state index >= 15 is 0 Å². The summed E-state index contributed by atoms with van der Waals surface area (Å²) in [7, 11) is 0. The summed E-state index contributed by atoms with van der Waals surface area (Å²) in [6, 6.07) is 0. The summed E-state index contributed by atoms with van der Waals surface area (Å²) in [5, 5.41) is 14.3. The zero-order valence-corrected chi connectivity index (χ0v) is 18.2. The molecule has 0 radical (unpaired) electrons. The van der Waals surface area contributed by atoms with Crippen molar-refractivity contribution in [1.29, 1.82) is 0 Å². The highest BCUT2D eigenvalue weighted by Gasteiger charge is 2.73. The molecule has 0 spiro atoms. The van der Waals surface area contributed by atoms with Gasteiger partial charge < -0.3 is 24.3 Å². The van der Waals surface area contributed by atoms with Gasteiger partial charge in [-0.1, -0.05) is 11.6 Å². The van der Waals surface area contributed by atoms with Crippen LogP contribution in [-0.4, -0.2) is 83.9 Å². The van der Waals surface area contributed by atoms with Gasteiger partial charge in [0.15, 0.2) is 6.61 Å². The minimum Gasteiger partial charge on any atom is -0.481 e. The number of aliphatic carboxylic acids is 1. The summed E-state index contributed by atoms with van der Waals surface area (Å²) in [5.74, 6) is -0.597. The van der Waals surface area contributed by atoms with Crippen LogP contribution in [0, 0.1) is 10.8 Å². The van der Waals surface area contributed by atoms with Gasteiger partial charge in [0, 0.05) is 19.6 Å². The van der Waals surface area contributed by atoms with Crippen molar-refractivity contribution in [3.63, 3.8) is 0 Å². The van der Waals surface area contributed by atoms with Crippen LogP contribution in [-0.2, 0) is 19.1 Å². The fourth-order valence-corrected chi connectivity index (χ4v) is 5.22. The zero-order chi connectivity index (χ0) is 21.6. The number of hydrogen-bond acceptors (Lipinski definition) is 7. The lowest BCUT2D eigenvalue weighted by Gasteiger charge is -2.51. The van der Waals surface area contributed by atoms with E-state index in [1.165, 1.54) is 24.2 Å². The monoisotopic (exact) mass is 423 g/mol. The molecule has 30 heavy (non-hydrogen) atoms. The van der Waals surface area contributed by atoms with Crippen molar-refractivity contribution in [3.05, 3.63) is 0 Å². The Morgan fingerprint density at radius 2 is 1.93 bits per heavy atom. The molecular weight excluding hydrogens is 390 g/mol. The number of piperidine rings is 1. The molecule has 4 rings (SSSR count). The van der Waals surface area contributed by atoms with Crippen molar-refractivity contribution in [2.24, 2.45) is 16.0 Å². The molecule has 3 atom stereocenters. The smallest absolute Gasteiger partial charge is 0.410 e. The normalized spacial score (nSPS) is 34.2. The highest BCUT2D eigenvalue weighted by Crippen LogP contribution is 2.63. The summed E-state index contributed by atoms with van der Waals surface area (Å²) >= 11 is 0. The fraction of sp³-hybridized carbons (Fsp3) is 0.857. The van der Waals surface area contributed by atoms with E-state index in [1.54, 1.807) is 20.8 Å². The number of carboxylic acids is 1. The zero-order valence-electron chi connectivity index (χ0n) is 18.2. The number of hydrogen-bond donors (Lipinski definition) is 1. The number of amides is 1. The van der Waals surface area contributed by atoms with Crippen molar-refractivity contribution >= 4 is 18.0 Å². The third-order valence-corrected chi connectivity index (χ3v) is 6.88. The van der Waals surface area contributed by atoms with Crippen LogP contribution < -0.4 is 0 Å². The van der Waals surface area contributed by atoms with Crippen molar-refractivity contribution in [3.8, 4) is 0 Å². The molecule has 0 aromatic heterocycles. The number of carbonyl (C=O) groups excluding carboxylic acids is 1. The van der Waals surface area contributed by atoms with Crippen molar-refractivity contribution in [2.75, 3.05) is 39.3 Å². The van der Waals surface area contributed by atoms with Crippen LogP contribution in [0.15, 0.2) is 5.16 Å². The Kier molecular flexibility index (Phi) is 5.36. The van der Waals surface area contributed by atoms with E-state index in [0.29, 0.717) is 25.3 Å². The molecule has 3 aliphatic heterocycles. The Hall–Kier alpha value is -2.03. The van der Waals surface area contributed by atoms with E-state index in [9.17, 15) is 14.7 Å². The van der Waals surface area contributed by atoms with Gasteiger partial charge in [-0.15, -0.1) is 0 Å². The summed E-state index contributed by atoms with van der Waals surface area (Å²) in [5.41, 5.74) is -2.63. The van der Waals surface area contributed by atoms with Gasteiger partial charge in [0.05, 0.1) is 5.41 Å². The number of oxime groups is 1. The predicted molar refractivity (Wildman–Crippen MR) is 108 cm³/mol. The molecule has 9 nitrogen and oxygen atoms in total. The second-order valence-corrected chi connectivity index (χ2v) is 10.1. The van der Waals surface area contributed by atoms with E-state index in [2.05, 4.69) is 10.1 Å². The van der Waals surface area contributed by atoms with Gasteiger partial charge in [-0.25, -0.2) is 4.79 Å². The first kappa shape index (κ1) is 21.2. The number of fused-ring (bicyclic) bond motifs is 1. The highest BCUT2D eigenvalue weighted by molar-refractivity contribution is 5.95. The third-order valence-electron chi connectivity index (χ3n) is 6.88. The standard InChI is InChI=1S/C21H33N3O6/c1-19(2,3)30-18(27)24-13-20(7-8-21(20,14-24)17(25)26)16-22-28-12-15(29-16)11-23-9-5-4-6-10-23/h15H,4-14H2,1-3H3,(H,25,26)/t15?,20-,21+/m1/s1. The van der Waals surface area contributed by atoms with Crippen LogP contribution in [0.2, 0.25) is 0 Å². The first-order valence-electron chi connectivity index (χ1n) is 11.0. The molecule has 0 bridgehead atoms. The van der Waals surface area contributed by atoms with Gasteiger partial charge >= 0.3 is 12.1 Å². The second kappa shape index (κ2) is 7.59. The summed E-state index contributed by atoms with van der Waals surface area (Å²) in [6.45, 7) is 8.88. The first-order valence-corrected chi connectivity index (χ1v) is 11.0. The molecule has 1 amide bonds. The number of carboxylic acid groups (broad SMARTS) is 1. The average Bonchev–Trinajstić information content (AvgIpc) is 2.90. The Morgan fingerprint density at radius 3 is 2.53 bits per heavy atom. The molecule has 168 valence electrons. The molecule has 0 aromatic rings. The Balaban J connectivity index is 1.51. The number of ether oxygens (including phenoxy) is 2. The van der Waals surface area contributed by atoms with Gasteiger partial charge in [-0.05, 0) is 59.5 Å². The molecule has 1 aliphatic carbocycles. The predicted octanol–water partition coefficient (Wildman–Crippen LogP) is 2.30. The van der Waals surface area contributed by atoms with Crippen molar-refractivity contribution in [2.45, 2.75) is 64.6 Å². The quantitative estimate of drug-likeness (QED) is 0.740. The molecule has 4 aliphatic rings. The van der Waals surface area contributed by atoms with Gasteiger partial charge in [0.25, 0.3) is 0 Å². The number of rotatable bonds is 4. The van der Waals surface area contributed by atoms with Crippen LogP contribution >= 0.6 is 0 Å². The second-order valence-electron chi connectivity index (χ2n) is 10.1. The fourth-order valence-electron chi connectivity index (χ4n) is 5.22. The molecular formula is C21H33N3O6. The van der Waals surface area contributed by atoms with Crippen molar-refractivity contribution < 1.29 is 29.0 Å². The number of carbonyl (C=O) groups is 2. The van der Waals surface area contributed by atoms with E-state index in [4.69, 9.17) is 14.3 Å². The van der Waals surface area contributed by atoms with Crippen LogP contribution in [0.25, 0.3) is 0 Å². The summed E-state index contributed by atoms with van der Waals surface area (Å²) in [4.78, 5) is 34.4. The highest BCUT2D eigenvalue weighted by atomic mass is 16.7. The lowest BCUT2D eigenvalue weighted by molar-refractivity contribution is -0.163. The molecule has 1 N–H and O–H groups in total. The molecule has 9 heteroatoms. The number of nitrogens with zero attached hydrogens (tertiary/aromatic N) is 3. The number of likely N-dealkylation sites (tertiary alicyclic amines) is 2. The maximum atomic E-state index is 12.7. The van der Waals surface area contributed by atoms with E-state index in [1.807, 2.05) is 0 Å². The molecule has 1 unspecified atom stereocenters. The summed E-state index contributed by atoms with van der Waals surface area (Å²) in [6.07, 6.45) is 4.01. The molecule has 0 aromatic carbocycles. The maximum absolute atomic E-state index is 12.7. The third kappa shape index (κ3) is 3.61. The summed E-state index contributed by atoms with van der Waals surface area (Å²) < 4.78 is 11.7. The Labute approximate surface area is 177 Å². The Morgan fingerprint density at radius 1 is 1.20 bits per heavy atom. The first-order chi connectivity index (χ1) is 14.2. The van der Waals surface area contributed by atoms with Gasteiger partial charge in [0.2, 0.25) is 5.90 Å². The average molecular weight is 424 g/mol. The molecule has 2 saturated heterocycles. The van der Waals surface area contributed by atoms with E-state index < -0.39 is 28.5 Å².